The molecule has 0 aromatic heterocycles. The second-order valence-electron chi connectivity index (χ2n) is 4.83. The highest BCUT2D eigenvalue weighted by atomic mass is 16.5. The highest BCUT2D eigenvalue weighted by molar-refractivity contribution is 5.32. The molecule has 102 valence electrons. The van der Waals surface area contributed by atoms with Crippen molar-refractivity contribution in [3.63, 3.8) is 0 Å². The number of nitrogens with zero attached hydrogens (tertiary/aromatic N) is 1. The number of hydrogen-bond acceptors (Lipinski definition) is 2. The smallest absolute Gasteiger partial charge is 0.118 e. The van der Waals surface area contributed by atoms with E-state index in [2.05, 4.69) is 30.3 Å². The summed E-state index contributed by atoms with van der Waals surface area (Å²) in [6, 6.07) is 20.6. The van der Waals surface area contributed by atoms with Gasteiger partial charge in [0, 0.05) is 0 Å². The van der Waals surface area contributed by atoms with Gasteiger partial charge in [-0.25, -0.2) is 0 Å². The third-order valence-corrected chi connectivity index (χ3v) is 3.48. The minimum Gasteiger partial charge on any atom is -0.497 e. The third kappa shape index (κ3) is 3.86. The lowest BCUT2D eigenvalue weighted by atomic mass is 9.94. The van der Waals surface area contributed by atoms with E-state index in [4.69, 9.17) is 4.74 Å². The summed E-state index contributed by atoms with van der Waals surface area (Å²) in [5.74, 6) is 0.791. The van der Waals surface area contributed by atoms with Crippen LogP contribution in [0.25, 0.3) is 0 Å². The molecule has 1 unspecified atom stereocenters. The number of nitriles is 1. The Morgan fingerprint density at radius 2 is 1.75 bits per heavy atom. The monoisotopic (exact) mass is 265 g/mol. The van der Waals surface area contributed by atoms with E-state index >= 15 is 0 Å². The molecule has 0 radical (unpaired) electrons. The number of ether oxygens (including phenoxy) is 1. The van der Waals surface area contributed by atoms with Crippen LogP contribution in [-0.2, 0) is 6.42 Å². The highest BCUT2D eigenvalue weighted by Gasteiger charge is 2.10. The number of rotatable bonds is 6. The molecular formula is C18H19NO. The number of aryl methyl sites for hydroxylation is 1. The zero-order chi connectivity index (χ0) is 14.2. The van der Waals surface area contributed by atoms with Crippen molar-refractivity contribution in [2.45, 2.75) is 25.2 Å². The maximum absolute atomic E-state index is 9.32. The topological polar surface area (TPSA) is 33.0 Å². The largest absolute Gasteiger partial charge is 0.497 e. The van der Waals surface area contributed by atoms with E-state index < -0.39 is 0 Å². The summed E-state index contributed by atoms with van der Waals surface area (Å²) in [4.78, 5) is 0. The average Bonchev–Trinajstić information content (AvgIpc) is 2.53. The van der Waals surface area contributed by atoms with Crippen LogP contribution in [0.3, 0.4) is 0 Å². The number of methoxy groups -OCH3 is 1. The molecule has 0 amide bonds. The molecule has 0 saturated heterocycles. The zero-order valence-corrected chi connectivity index (χ0v) is 11.8. The molecule has 0 heterocycles. The summed E-state index contributed by atoms with van der Waals surface area (Å²) in [6.07, 6.45) is 2.93. The van der Waals surface area contributed by atoms with Crippen LogP contribution >= 0.6 is 0 Å². The van der Waals surface area contributed by atoms with Crippen molar-refractivity contribution in [3.05, 3.63) is 65.7 Å². The quantitative estimate of drug-likeness (QED) is 0.779. The first-order valence-corrected chi connectivity index (χ1v) is 6.91. The Labute approximate surface area is 120 Å². The molecule has 0 aliphatic rings. The van der Waals surface area contributed by atoms with E-state index in [1.54, 1.807) is 7.11 Å². The van der Waals surface area contributed by atoms with Crippen molar-refractivity contribution in [1.82, 2.24) is 0 Å². The van der Waals surface area contributed by atoms with Crippen molar-refractivity contribution in [2.24, 2.45) is 0 Å². The van der Waals surface area contributed by atoms with Crippen molar-refractivity contribution in [1.29, 1.82) is 5.26 Å². The molecule has 2 aromatic rings. The van der Waals surface area contributed by atoms with E-state index in [-0.39, 0.29) is 5.92 Å². The van der Waals surface area contributed by atoms with Crippen LogP contribution in [0.2, 0.25) is 0 Å². The summed E-state index contributed by atoms with van der Waals surface area (Å²) in [7, 11) is 1.65. The zero-order valence-electron chi connectivity index (χ0n) is 11.8. The van der Waals surface area contributed by atoms with Crippen LogP contribution in [0.1, 0.15) is 29.9 Å². The molecule has 2 aromatic carbocycles. The predicted octanol–water partition coefficient (Wildman–Crippen LogP) is 4.33. The average molecular weight is 265 g/mol. The van der Waals surface area contributed by atoms with Gasteiger partial charge in [0.2, 0.25) is 0 Å². The molecule has 0 aliphatic heterocycles. The van der Waals surface area contributed by atoms with Gasteiger partial charge in [-0.2, -0.15) is 5.26 Å². The maximum atomic E-state index is 9.32. The van der Waals surface area contributed by atoms with Crippen LogP contribution in [-0.4, -0.2) is 7.11 Å². The van der Waals surface area contributed by atoms with Crippen LogP contribution in [0.5, 0.6) is 5.75 Å². The Bertz CT molecular complexity index is 554. The Hall–Kier alpha value is -2.27. The van der Waals surface area contributed by atoms with Gasteiger partial charge in [-0.1, -0.05) is 42.5 Å². The Kier molecular flexibility index (Phi) is 5.20. The van der Waals surface area contributed by atoms with Gasteiger partial charge < -0.3 is 4.74 Å². The molecule has 2 rings (SSSR count). The standard InChI is InChI=1S/C18H19NO/c1-20-18-12-10-16(11-13-18)17(14-19)9-5-8-15-6-3-2-4-7-15/h2-4,6-7,10-13,17H,5,8-9H2,1H3. The second-order valence-corrected chi connectivity index (χ2v) is 4.83. The van der Waals surface area contributed by atoms with Crippen LogP contribution in [0.15, 0.2) is 54.6 Å². The lowest BCUT2D eigenvalue weighted by Crippen LogP contribution is -1.97. The van der Waals surface area contributed by atoms with E-state index in [9.17, 15) is 5.26 Å². The van der Waals surface area contributed by atoms with Gasteiger partial charge >= 0.3 is 0 Å². The Balaban J connectivity index is 1.90. The maximum Gasteiger partial charge on any atom is 0.118 e. The van der Waals surface area contributed by atoms with Crippen LogP contribution in [0, 0.1) is 11.3 Å². The Morgan fingerprint density at radius 1 is 1.05 bits per heavy atom. The lowest BCUT2D eigenvalue weighted by Gasteiger charge is -2.10. The van der Waals surface area contributed by atoms with Crippen LogP contribution in [0.4, 0.5) is 0 Å². The van der Waals surface area contributed by atoms with E-state index in [1.807, 2.05) is 30.3 Å². The molecule has 0 N–H and O–H groups in total. The highest BCUT2D eigenvalue weighted by Crippen LogP contribution is 2.23. The number of benzene rings is 2. The summed E-state index contributed by atoms with van der Waals surface area (Å²) < 4.78 is 5.14. The lowest BCUT2D eigenvalue weighted by molar-refractivity contribution is 0.414. The first kappa shape index (κ1) is 14.1. The van der Waals surface area contributed by atoms with E-state index in [0.717, 1.165) is 30.6 Å². The van der Waals surface area contributed by atoms with Gasteiger partial charge in [0.15, 0.2) is 0 Å². The van der Waals surface area contributed by atoms with Gasteiger partial charge in [-0.3, -0.25) is 0 Å². The fraction of sp³-hybridized carbons (Fsp3) is 0.278. The Morgan fingerprint density at radius 3 is 2.35 bits per heavy atom. The van der Waals surface area contributed by atoms with Gasteiger partial charge in [0.05, 0.1) is 19.1 Å². The summed E-state index contributed by atoms with van der Waals surface area (Å²) in [6.45, 7) is 0. The van der Waals surface area contributed by atoms with Crippen molar-refractivity contribution in [3.8, 4) is 11.8 Å². The van der Waals surface area contributed by atoms with Crippen LogP contribution < -0.4 is 4.74 Å². The SMILES string of the molecule is COc1ccc(C(C#N)CCCc2ccccc2)cc1. The minimum atomic E-state index is -0.0374. The number of hydrogen-bond donors (Lipinski definition) is 0. The van der Waals surface area contributed by atoms with E-state index in [0.29, 0.717) is 0 Å². The molecule has 1 atom stereocenters. The molecule has 2 heteroatoms. The normalized spacial score (nSPS) is 11.6. The fourth-order valence-corrected chi connectivity index (χ4v) is 2.30. The van der Waals surface area contributed by atoms with Gasteiger partial charge in [-0.15, -0.1) is 0 Å². The van der Waals surface area contributed by atoms with Crippen molar-refractivity contribution in [2.75, 3.05) is 7.11 Å². The minimum absolute atomic E-state index is 0.0374. The molecule has 0 bridgehead atoms. The summed E-state index contributed by atoms with van der Waals surface area (Å²) in [5, 5.41) is 9.32. The molecule has 0 saturated carbocycles. The van der Waals surface area contributed by atoms with Gasteiger partial charge in [-0.05, 0) is 42.5 Å². The predicted molar refractivity (Wildman–Crippen MR) is 80.7 cm³/mol. The first-order valence-electron chi connectivity index (χ1n) is 6.91. The first-order chi connectivity index (χ1) is 9.83. The molecule has 0 fully saturated rings. The summed E-state index contributed by atoms with van der Waals surface area (Å²) >= 11 is 0. The molecule has 2 nitrogen and oxygen atoms in total. The van der Waals surface area contributed by atoms with Gasteiger partial charge in [0.1, 0.15) is 5.75 Å². The molecule has 0 spiro atoms. The fourth-order valence-electron chi connectivity index (χ4n) is 2.30. The second kappa shape index (κ2) is 7.35. The molecular weight excluding hydrogens is 246 g/mol. The summed E-state index contributed by atoms with van der Waals surface area (Å²) in [5.41, 5.74) is 2.40. The van der Waals surface area contributed by atoms with Gasteiger partial charge in [0.25, 0.3) is 0 Å². The van der Waals surface area contributed by atoms with Crippen molar-refractivity contribution < 1.29 is 4.74 Å². The third-order valence-electron chi connectivity index (χ3n) is 3.48. The molecule has 0 aliphatic carbocycles. The van der Waals surface area contributed by atoms with Crippen molar-refractivity contribution >= 4 is 0 Å². The molecule has 20 heavy (non-hydrogen) atoms. The van der Waals surface area contributed by atoms with E-state index in [1.165, 1.54) is 5.56 Å².